The highest BCUT2D eigenvalue weighted by atomic mass is 16.5. The molecule has 1 atom stereocenters. The number of carbonyl (C=O) groups is 1. The molecule has 0 spiro atoms. The molecule has 4 rings (SSSR count). The lowest BCUT2D eigenvalue weighted by Gasteiger charge is -2.36. The average molecular weight is 462 g/mol. The number of aromatic nitrogens is 2. The van der Waals surface area contributed by atoms with Crippen LogP contribution in [-0.4, -0.2) is 67.0 Å². The van der Waals surface area contributed by atoms with Crippen molar-refractivity contribution in [1.29, 1.82) is 0 Å². The Hall–Kier alpha value is -3.16. The molecule has 1 fully saturated rings. The SMILES string of the molecule is COCCN1CCN(c2ccc(C)c(C(=O)N[C@H](C)c3cccc(-c4cnn(C)c4)c3)c2)CC1. The number of ether oxygens (including phenoxy) is 1. The van der Waals surface area contributed by atoms with Crippen LogP contribution in [0.2, 0.25) is 0 Å². The molecule has 1 aliphatic heterocycles. The number of nitrogens with zero attached hydrogens (tertiary/aromatic N) is 4. The van der Waals surface area contributed by atoms with E-state index in [1.807, 2.05) is 45.4 Å². The summed E-state index contributed by atoms with van der Waals surface area (Å²) in [6.45, 7) is 9.65. The van der Waals surface area contributed by atoms with Gasteiger partial charge < -0.3 is 15.0 Å². The maximum absolute atomic E-state index is 13.2. The van der Waals surface area contributed by atoms with Crippen LogP contribution in [0.25, 0.3) is 11.1 Å². The molecular formula is C27H35N5O2. The lowest BCUT2D eigenvalue weighted by molar-refractivity contribution is 0.0939. The first kappa shape index (κ1) is 24.0. The van der Waals surface area contributed by atoms with Crippen molar-refractivity contribution in [2.75, 3.05) is 51.3 Å². The molecule has 2 aromatic carbocycles. The molecule has 34 heavy (non-hydrogen) atoms. The molecular weight excluding hydrogens is 426 g/mol. The number of carbonyl (C=O) groups excluding carboxylic acids is 1. The summed E-state index contributed by atoms with van der Waals surface area (Å²) in [5.41, 5.74) is 6.04. The summed E-state index contributed by atoms with van der Waals surface area (Å²) >= 11 is 0. The van der Waals surface area contributed by atoms with Crippen molar-refractivity contribution in [2.45, 2.75) is 19.9 Å². The highest BCUT2D eigenvalue weighted by molar-refractivity contribution is 5.96. The summed E-state index contributed by atoms with van der Waals surface area (Å²) < 4.78 is 7.00. The standard InChI is InChI=1S/C27H35N5O2/c1-20-8-9-25(32-12-10-31(11-13-32)14-15-34-4)17-26(20)27(33)29-21(2)22-6-5-7-23(16-22)24-18-28-30(3)19-24/h5-9,16-19,21H,10-15H2,1-4H3,(H,29,33)/t21-/m1/s1. The maximum Gasteiger partial charge on any atom is 0.252 e. The van der Waals surface area contributed by atoms with Crippen LogP contribution in [0.15, 0.2) is 54.9 Å². The third kappa shape index (κ3) is 5.66. The van der Waals surface area contributed by atoms with Gasteiger partial charge in [0.2, 0.25) is 0 Å². The van der Waals surface area contributed by atoms with E-state index in [2.05, 4.69) is 50.5 Å². The molecule has 1 aromatic heterocycles. The van der Waals surface area contributed by atoms with Crippen molar-refractivity contribution in [2.24, 2.45) is 7.05 Å². The van der Waals surface area contributed by atoms with Gasteiger partial charge in [-0.25, -0.2) is 0 Å². The first-order chi connectivity index (χ1) is 16.4. The van der Waals surface area contributed by atoms with Gasteiger partial charge in [0.05, 0.1) is 18.8 Å². The highest BCUT2D eigenvalue weighted by Crippen LogP contribution is 2.25. The normalized spacial score (nSPS) is 15.4. The Morgan fingerprint density at radius 1 is 1.12 bits per heavy atom. The number of aryl methyl sites for hydroxylation is 2. The van der Waals surface area contributed by atoms with Gasteiger partial charge in [0.15, 0.2) is 0 Å². The molecule has 7 heteroatoms. The number of methoxy groups -OCH3 is 1. The van der Waals surface area contributed by atoms with E-state index in [-0.39, 0.29) is 11.9 Å². The van der Waals surface area contributed by atoms with E-state index >= 15 is 0 Å². The van der Waals surface area contributed by atoms with Crippen LogP contribution in [0.4, 0.5) is 5.69 Å². The number of amides is 1. The summed E-state index contributed by atoms with van der Waals surface area (Å²) in [5.74, 6) is -0.0441. The smallest absolute Gasteiger partial charge is 0.252 e. The molecule has 1 amide bonds. The van der Waals surface area contributed by atoms with Gasteiger partial charge in [-0.2, -0.15) is 5.10 Å². The van der Waals surface area contributed by atoms with E-state index in [0.717, 1.165) is 72.8 Å². The fourth-order valence-corrected chi connectivity index (χ4v) is 4.42. The number of hydrogen-bond acceptors (Lipinski definition) is 5. The lowest BCUT2D eigenvalue weighted by atomic mass is 10.0. The zero-order valence-electron chi connectivity index (χ0n) is 20.6. The Bertz CT molecular complexity index is 1120. The molecule has 0 aliphatic carbocycles. The van der Waals surface area contributed by atoms with E-state index < -0.39 is 0 Å². The Morgan fingerprint density at radius 3 is 2.62 bits per heavy atom. The Morgan fingerprint density at radius 2 is 1.91 bits per heavy atom. The van der Waals surface area contributed by atoms with Gasteiger partial charge in [-0.1, -0.05) is 24.3 Å². The van der Waals surface area contributed by atoms with Crippen molar-refractivity contribution in [3.05, 3.63) is 71.5 Å². The second-order valence-corrected chi connectivity index (χ2v) is 9.04. The highest BCUT2D eigenvalue weighted by Gasteiger charge is 2.20. The van der Waals surface area contributed by atoms with Gasteiger partial charge in [-0.05, 0) is 48.7 Å². The zero-order chi connectivity index (χ0) is 24.1. The Kier molecular flexibility index (Phi) is 7.65. The summed E-state index contributed by atoms with van der Waals surface area (Å²) in [6.07, 6.45) is 3.85. The number of nitrogens with one attached hydrogen (secondary N) is 1. The van der Waals surface area contributed by atoms with Crippen LogP contribution in [0.1, 0.15) is 34.5 Å². The molecule has 0 unspecified atom stereocenters. The van der Waals surface area contributed by atoms with Crippen molar-refractivity contribution >= 4 is 11.6 Å². The van der Waals surface area contributed by atoms with E-state index in [0.29, 0.717) is 0 Å². The monoisotopic (exact) mass is 461 g/mol. The summed E-state index contributed by atoms with van der Waals surface area (Å²) in [5, 5.41) is 7.46. The van der Waals surface area contributed by atoms with Crippen LogP contribution in [0.3, 0.4) is 0 Å². The molecule has 3 aromatic rings. The van der Waals surface area contributed by atoms with Crippen LogP contribution >= 0.6 is 0 Å². The van der Waals surface area contributed by atoms with Crippen LogP contribution in [-0.2, 0) is 11.8 Å². The predicted molar refractivity (Wildman–Crippen MR) is 136 cm³/mol. The summed E-state index contributed by atoms with van der Waals surface area (Å²) in [6, 6.07) is 14.4. The topological polar surface area (TPSA) is 62.6 Å². The molecule has 1 aliphatic rings. The Labute approximate surface area is 202 Å². The first-order valence-electron chi connectivity index (χ1n) is 11.9. The molecule has 2 heterocycles. The minimum atomic E-state index is -0.114. The van der Waals surface area contributed by atoms with Crippen molar-refractivity contribution in [3.63, 3.8) is 0 Å². The van der Waals surface area contributed by atoms with Gasteiger partial charge in [-0.15, -0.1) is 0 Å². The number of rotatable bonds is 8. The van der Waals surface area contributed by atoms with Gasteiger partial charge in [0.1, 0.15) is 0 Å². The molecule has 7 nitrogen and oxygen atoms in total. The lowest BCUT2D eigenvalue weighted by Crippen LogP contribution is -2.47. The number of hydrogen-bond donors (Lipinski definition) is 1. The third-order valence-electron chi connectivity index (χ3n) is 6.59. The van der Waals surface area contributed by atoms with E-state index in [1.165, 1.54) is 0 Å². The zero-order valence-corrected chi connectivity index (χ0v) is 20.6. The Balaban J connectivity index is 1.43. The fraction of sp³-hybridized carbons (Fsp3) is 0.407. The van der Waals surface area contributed by atoms with Crippen LogP contribution < -0.4 is 10.2 Å². The third-order valence-corrected chi connectivity index (χ3v) is 6.59. The molecule has 0 saturated carbocycles. The molecule has 0 radical (unpaired) electrons. The van der Waals surface area contributed by atoms with Crippen LogP contribution in [0, 0.1) is 6.92 Å². The second kappa shape index (κ2) is 10.8. The van der Waals surface area contributed by atoms with Crippen LogP contribution in [0.5, 0.6) is 0 Å². The van der Waals surface area contributed by atoms with Gasteiger partial charge in [0, 0.05) is 69.9 Å². The fourth-order valence-electron chi connectivity index (χ4n) is 4.42. The number of benzene rings is 2. The summed E-state index contributed by atoms with van der Waals surface area (Å²) in [4.78, 5) is 18.0. The second-order valence-electron chi connectivity index (χ2n) is 9.04. The summed E-state index contributed by atoms with van der Waals surface area (Å²) in [7, 11) is 3.65. The van der Waals surface area contributed by atoms with E-state index in [9.17, 15) is 4.79 Å². The first-order valence-corrected chi connectivity index (χ1v) is 11.9. The van der Waals surface area contributed by atoms with Crippen molar-refractivity contribution in [3.8, 4) is 11.1 Å². The maximum atomic E-state index is 13.2. The molecule has 1 saturated heterocycles. The largest absolute Gasteiger partial charge is 0.383 e. The van der Waals surface area contributed by atoms with E-state index in [4.69, 9.17) is 4.74 Å². The molecule has 180 valence electrons. The molecule has 1 N–H and O–H groups in total. The number of piperazine rings is 1. The van der Waals surface area contributed by atoms with Crippen molar-refractivity contribution in [1.82, 2.24) is 20.0 Å². The quantitative estimate of drug-likeness (QED) is 0.555. The van der Waals surface area contributed by atoms with Gasteiger partial charge in [0.25, 0.3) is 5.91 Å². The predicted octanol–water partition coefficient (Wildman–Crippen LogP) is 3.65. The minimum Gasteiger partial charge on any atom is -0.383 e. The van der Waals surface area contributed by atoms with Gasteiger partial charge in [-0.3, -0.25) is 14.4 Å². The van der Waals surface area contributed by atoms with Gasteiger partial charge >= 0.3 is 0 Å². The van der Waals surface area contributed by atoms with Crippen molar-refractivity contribution < 1.29 is 9.53 Å². The molecule has 0 bridgehead atoms. The average Bonchev–Trinajstić information content (AvgIpc) is 3.29. The van der Waals surface area contributed by atoms with E-state index in [1.54, 1.807) is 11.8 Å². The minimum absolute atomic E-state index is 0.0441. The number of anilines is 1.